The number of methoxy groups -OCH3 is 4. The molecule has 0 aliphatic rings. The molecular formula is C22H24N2O4S. The Morgan fingerprint density at radius 3 is 2.28 bits per heavy atom. The van der Waals surface area contributed by atoms with Gasteiger partial charge in [0, 0.05) is 6.54 Å². The fourth-order valence-electron chi connectivity index (χ4n) is 2.85. The summed E-state index contributed by atoms with van der Waals surface area (Å²) in [6, 6.07) is 11.5. The molecule has 0 bridgehead atoms. The summed E-state index contributed by atoms with van der Waals surface area (Å²) in [4.78, 5) is 0.356. The monoisotopic (exact) mass is 412 g/mol. The van der Waals surface area contributed by atoms with Crippen LogP contribution >= 0.6 is 12.2 Å². The van der Waals surface area contributed by atoms with E-state index < -0.39 is 0 Å². The maximum absolute atomic E-state index is 9.56. The zero-order valence-corrected chi connectivity index (χ0v) is 18.0. The van der Waals surface area contributed by atoms with E-state index in [2.05, 4.69) is 11.4 Å². The summed E-state index contributed by atoms with van der Waals surface area (Å²) in [7, 11) is 6.34. The average Bonchev–Trinajstić information content (AvgIpc) is 2.74. The van der Waals surface area contributed by atoms with Crippen LogP contribution < -0.4 is 24.3 Å². The van der Waals surface area contributed by atoms with Gasteiger partial charge in [-0.05, 0) is 54.0 Å². The van der Waals surface area contributed by atoms with E-state index in [0.717, 1.165) is 16.7 Å². The van der Waals surface area contributed by atoms with Gasteiger partial charge < -0.3 is 24.3 Å². The first-order chi connectivity index (χ1) is 14.0. The number of thiocarbonyl (C=S) groups is 1. The van der Waals surface area contributed by atoms with Crippen LogP contribution in [-0.2, 0) is 6.54 Å². The third-order valence-corrected chi connectivity index (χ3v) is 4.63. The van der Waals surface area contributed by atoms with Gasteiger partial charge in [0.25, 0.3) is 0 Å². The SMILES string of the molecule is COc1ccc(CNC(=S)/C(C#N)=C/c2cc(C)c(OC)c(OC)c2)cc1OC. The number of hydrogen-bond donors (Lipinski definition) is 1. The molecule has 0 fully saturated rings. The second kappa shape index (κ2) is 10.3. The van der Waals surface area contributed by atoms with Gasteiger partial charge in [0.2, 0.25) is 0 Å². The van der Waals surface area contributed by atoms with Crippen molar-refractivity contribution in [3.8, 4) is 29.1 Å². The zero-order valence-electron chi connectivity index (χ0n) is 17.2. The highest BCUT2D eigenvalue weighted by molar-refractivity contribution is 7.80. The summed E-state index contributed by atoms with van der Waals surface area (Å²) in [5.41, 5.74) is 3.00. The number of rotatable bonds is 8. The third-order valence-electron chi connectivity index (χ3n) is 4.26. The first kappa shape index (κ1) is 22.1. The lowest BCUT2D eigenvalue weighted by Crippen LogP contribution is -2.22. The van der Waals surface area contributed by atoms with E-state index >= 15 is 0 Å². The maximum atomic E-state index is 9.56. The van der Waals surface area contributed by atoms with Crippen molar-refractivity contribution in [3.05, 3.63) is 52.6 Å². The zero-order chi connectivity index (χ0) is 21.4. The smallest absolute Gasteiger partial charge is 0.163 e. The topological polar surface area (TPSA) is 72.7 Å². The minimum absolute atomic E-state index is 0.354. The molecule has 0 heterocycles. The Balaban J connectivity index is 2.19. The maximum Gasteiger partial charge on any atom is 0.163 e. The Morgan fingerprint density at radius 1 is 1.00 bits per heavy atom. The van der Waals surface area contributed by atoms with Crippen molar-refractivity contribution in [1.29, 1.82) is 5.26 Å². The Morgan fingerprint density at radius 2 is 1.69 bits per heavy atom. The lowest BCUT2D eigenvalue weighted by molar-refractivity contribution is 0.353. The Labute approximate surface area is 176 Å². The van der Waals surface area contributed by atoms with E-state index in [1.165, 1.54) is 0 Å². The lowest BCUT2D eigenvalue weighted by Gasteiger charge is -2.12. The standard InChI is InChI=1S/C22H24N2O4S/c1-14-8-16(11-20(27-4)21(14)28-5)9-17(12-23)22(29)24-13-15-6-7-18(25-2)19(10-15)26-3/h6-11H,13H2,1-5H3,(H,24,29)/b17-9+. The molecule has 2 aromatic carbocycles. The van der Waals surface area contributed by atoms with Gasteiger partial charge in [-0.3, -0.25) is 0 Å². The van der Waals surface area contributed by atoms with Gasteiger partial charge in [-0.25, -0.2) is 0 Å². The van der Waals surface area contributed by atoms with Crippen LogP contribution in [0.2, 0.25) is 0 Å². The second-order valence-electron chi connectivity index (χ2n) is 6.12. The fourth-order valence-corrected chi connectivity index (χ4v) is 3.03. The van der Waals surface area contributed by atoms with Gasteiger partial charge in [-0.2, -0.15) is 5.26 Å². The predicted molar refractivity (Wildman–Crippen MR) is 117 cm³/mol. The first-order valence-corrected chi connectivity index (χ1v) is 9.21. The molecule has 7 heteroatoms. The van der Waals surface area contributed by atoms with Crippen molar-refractivity contribution < 1.29 is 18.9 Å². The lowest BCUT2D eigenvalue weighted by atomic mass is 10.1. The highest BCUT2D eigenvalue weighted by atomic mass is 32.1. The second-order valence-corrected chi connectivity index (χ2v) is 6.52. The summed E-state index contributed by atoms with van der Waals surface area (Å²) < 4.78 is 21.3. The molecule has 29 heavy (non-hydrogen) atoms. The highest BCUT2D eigenvalue weighted by Gasteiger charge is 2.11. The van der Waals surface area contributed by atoms with Crippen molar-refractivity contribution in [2.45, 2.75) is 13.5 Å². The molecule has 1 N–H and O–H groups in total. The summed E-state index contributed by atoms with van der Waals surface area (Å²) >= 11 is 5.41. The molecule has 2 aromatic rings. The van der Waals surface area contributed by atoms with Crippen LogP contribution in [-0.4, -0.2) is 33.4 Å². The summed E-state index contributed by atoms with van der Waals surface area (Å²) in [6.45, 7) is 2.36. The van der Waals surface area contributed by atoms with Gasteiger partial charge in [0.05, 0.1) is 34.0 Å². The normalized spacial score (nSPS) is 10.7. The average molecular weight is 413 g/mol. The van der Waals surface area contributed by atoms with Crippen molar-refractivity contribution in [2.24, 2.45) is 0 Å². The molecule has 0 aromatic heterocycles. The van der Waals surface area contributed by atoms with E-state index in [-0.39, 0.29) is 0 Å². The molecule has 0 unspecified atom stereocenters. The van der Waals surface area contributed by atoms with Crippen LogP contribution in [0.25, 0.3) is 6.08 Å². The van der Waals surface area contributed by atoms with Crippen molar-refractivity contribution in [2.75, 3.05) is 28.4 Å². The molecule has 0 amide bonds. The van der Waals surface area contributed by atoms with Gasteiger partial charge in [-0.1, -0.05) is 18.3 Å². The molecule has 6 nitrogen and oxygen atoms in total. The molecule has 152 valence electrons. The molecule has 0 saturated heterocycles. The van der Waals surface area contributed by atoms with Gasteiger partial charge >= 0.3 is 0 Å². The van der Waals surface area contributed by atoms with Gasteiger partial charge in [0.15, 0.2) is 23.0 Å². The van der Waals surface area contributed by atoms with Crippen LogP contribution in [0.15, 0.2) is 35.9 Å². The molecule has 0 spiro atoms. The minimum atomic E-state index is 0.354. The Hall–Kier alpha value is -3.24. The fraction of sp³-hybridized carbons (Fsp3) is 0.273. The van der Waals surface area contributed by atoms with E-state index in [1.807, 2.05) is 31.2 Å². The Bertz CT molecular complexity index is 964. The van der Waals surface area contributed by atoms with Crippen LogP contribution in [0.5, 0.6) is 23.0 Å². The number of aryl methyl sites for hydroxylation is 1. The predicted octanol–water partition coefficient (Wildman–Crippen LogP) is 4.05. The first-order valence-electron chi connectivity index (χ1n) is 8.80. The van der Waals surface area contributed by atoms with Crippen LogP contribution in [0, 0.1) is 18.3 Å². The number of nitriles is 1. The third kappa shape index (κ3) is 5.39. The van der Waals surface area contributed by atoms with Crippen molar-refractivity contribution in [1.82, 2.24) is 5.32 Å². The number of benzene rings is 2. The van der Waals surface area contributed by atoms with Crippen molar-refractivity contribution >= 4 is 23.3 Å². The van der Waals surface area contributed by atoms with Crippen LogP contribution in [0.3, 0.4) is 0 Å². The number of ether oxygens (including phenoxy) is 4. The molecule has 0 radical (unpaired) electrons. The van der Waals surface area contributed by atoms with Gasteiger partial charge in [-0.15, -0.1) is 0 Å². The van der Waals surface area contributed by atoms with Gasteiger partial charge in [0.1, 0.15) is 11.1 Å². The summed E-state index contributed by atoms with van der Waals surface area (Å²) in [5, 5.41) is 12.7. The van der Waals surface area contributed by atoms with E-state index in [9.17, 15) is 5.26 Å². The van der Waals surface area contributed by atoms with E-state index in [1.54, 1.807) is 40.6 Å². The summed E-state index contributed by atoms with van der Waals surface area (Å²) in [5.74, 6) is 2.55. The quantitative estimate of drug-likeness (QED) is 0.398. The minimum Gasteiger partial charge on any atom is -0.493 e. The number of nitrogens with one attached hydrogen (secondary N) is 1. The largest absolute Gasteiger partial charge is 0.493 e. The molecular weight excluding hydrogens is 388 g/mol. The molecule has 0 aliphatic heterocycles. The van der Waals surface area contributed by atoms with Crippen LogP contribution in [0.4, 0.5) is 0 Å². The number of nitrogens with zero attached hydrogens (tertiary/aromatic N) is 1. The van der Waals surface area contributed by atoms with Crippen LogP contribution in [0.1, 0.15) is 16.7 Å². The van der Waals surface area contributed by atoms with E-state index in [0.29, 0.717) is 40.1 Å². The highest BCUT2D eigenvalue weighted by Crippen LogP contribution is 2.32. The summed E-state index contributed by atoms with van der Waals surface area (Å²) in [6.07, 6.45) is 1.72. The van der Waals surface area contributed by atoms with E-state index in [4.69, 9.17) is 31.2 Å². The molecule has 0 atom stereocenters. The molecule has 2 rings (SSSR count). The Kier molecular flexibility index (Phi) is 7.87. The van der Waals surface area contributed by atoms with Crippen molar-refractivity contribution in [3.63, 3.8) is 0 Å². The number of hydrogen-bond acceptors (Lipinski definition) is 6. The molecule has 0 aliphatic carbocycles. The molecule has 0 saturated carbocycles.